The first-order valence-electron chi connectivity index (χ1n) is 11.0. The number of piperidine rings is 1. The molecule has 1 saturated heterocycles. The van der Waals surface area contributed by atoms with Crippen LogP contribution in [0.3, 0.4) is 0 Å². The Kier molecular flexibility index (Phi) is 6.39. The number of anilines is 1. The van der Waals surface area contributed by atoms with E-state index in [2.05, 4.69) is 29.3 Å². The van der Waals surface area contributed by atoms with E-state index in [0.717, 1.165) is 29.8 Å². The summed E-state index contributed by atoms with van der Waals surface area (Å²) >= 11 is 0. The van der Waals surface area contributed by atoms with Crippen molar-refractivity contribution in [2.75, 3.05) is 25.5 Å². The zero-order valence-corrected chi connectivity index (χ0v) is 19.0. The topological polar surface area (TPSA) is 93.4 Å². The van der Waals surface area contributed by atoms with Gasteiger partial charge in [0.15, 0.2) is 5.76 Å². The van der Waals surface area contributed by atoms with Crippen LogP contribution in [0.2, 0.25) is 0 Å². The summed E-state index contributed by atoms with van der Waals surface area (Å²) in [6, 6.07) is 9.48. The van der Waals surface area contributed by atoms with Crippen LogP contribution >= 0.6 is 0 Å². The highest BCUT2D eigenvalue weighted by molar-refractivity contribution is 5.97. The Balaban J connectivity index is 1.56. The van der Waals surface area contributed by atoms with Crippen LogP contribution in [0, 0.1) is 6.92 Å². The van der Waals surface area contributed by atoms with Gasteiger partial charge in [-0.1, -0.05) is 17.3 Å². The molecule has 1 N–H and O–H groups in total. The molecule has 4 rings (SSSR count). The quantitative estimate of drug-likeness (QED) is 0.617. The molecule has 0 aliphatic carbocycles. The molecule has 0 radical (unpaired) electrons. The normalized spacial score (nSPS) is 14.6. The minimum absolute atomic E-state index is 0.00293. The molecule has 2 aromatic heterocycles. The predicted octanol–water partition coefficient (Wildman–Crippen LogP) is 4.29. The third kappa shape index (κ3) is 4.59. The van der Waals surface area contributed by atoms with Crippen molar-refractivity contribution in [3.8, 4) is 17.1 Å². The molecule has 32 heavy (non-hydrogen) atoms. The zero-order valence-electron chi connectivity index (χ0n) is 19.0. The molecule has 0 saturated carbocycles. The van der Waals surface area contributed by atoms with E-state index in [-0.39, 0.29) is 17.9 Å². The molecule has 0 atom stereocenters. The third-order valence-corrected chi connectivity index (χ3v) is 5.64. The second-order valence-electron chi connectivity index (χ2n) is 8.39. The summed E-state index contributed by atoms with van der Waals surface area (Å²) in [5.74, 6) is 2.05. The van der Waals surface area contributed by atoms with E-state index in [1.807, 2.05) is 42.2 Å². The number of carbonyl (C=O) groups is 1. The van der Waals surface area contributed by atoms with E-state index < -0.39 is 0 Å². The summed E-state index contributed by atoms with van der Waals surface area (Å²) in [6.45, 7) is 7.29. The molecule has 0 unspecified atom stereocenters. The molecule has 1 aromatic carbocycles. The Morgan fingerprint density at radius 3 is 2.66 bits per heavy atom. The highest BCUT2D eigenvalue weighted by Gasteiger charge is 2.29. The fraction of sp³-hybridized carbons (Fsp3) is 0.417. The third-order valence-electron chi connectivity index (χ3n) is 5.64. The highest BCUT2D eigenvalue weighted by atomic mass is 16.5. The number of carbonyl (C=O) groups excluding carboxylic acids is 1. The standard InChI is InChI=1S/C24H29N5O3/c1-15(2)26-24-25-14-19(21-13-16(3)28-32-21)22(27-24)17-9-11-29(12-10-17)23(30)18-7-5-6-8-20(18)31-4/h5-8,13-15,17H,9-12H2,1-4H3,(H,25,26,27). The fourth-order valence-electron chi connectivity index (χ4n) is 4.06. The number of amides is 1. The first kappa shape index (κ1) is 21.8. The number of benzene rings is 1. The largest absolute Gasteiger partial charge is 0.496 e. The van der Waals surface area contributed by atoms with Crippen LogP contribution in [0.15, 0.2) is 41.1 Å². The molecule has 8 nitrogen and oxygen atoms in total. The number of ether oxygens (including phenoxy) is 1. The van der Waals surface area contributed by atoms with E-state index in [9.17, 15) is 4.79 Å². The molecule has 3 heterocycles. The number of aromatic nitrogens is 3. The van der Waals surface area contributed by atoms with Gasteiger partial charge < -0.3 is 19.5 Å². The van der Waals surface area contributed by atoms with E-state index in [1.54, 1.807) is 13.3 Å². The van der Waals surface area contributed by atoms with Gasteiger partial charge in [-0.2, -0.15) is 0 Å². The van der Waals surface area contributed by atoms with Gasteiger partial charge in [-0.3, -0.25) is 4.79 Å². The molecule has 0 bridgehead atoms. The second kappa shape index (κ2) is 9.38. The highest BCUT2D eigenvalue weighted by Crippen LogP contribution is 2.35. The van der Waals surface area contributed by atoms with Gasteiger partial charge in [-0.05, 0) is 45.7 Å². The smallest absolute Gasteiger partial charge is 0.257 e. The van der Waals surface area contributed by atoms with Crippen molar-refractivity contribution in [1.29, 1.82) is 0 Å². The van der Waals surface area contributed by atoms with Crippen molar-refractivity contribution in [2.24, 2.45) is 0 Å². The van der Waals surface area contributed by atoms with E-state index in [1.165, 1.54) is 0 Å². The molecule has 1 fully saturated rings. The minimum Gasteiger partial charge on any atom is -0.496 e. The van der Waals surface area contributed by atoms with Crippen LogP contribution in [0.1, 0.15) is 54.4 Å². The number of methoxy groups -OCH3 is 1. The van der Waals surface area contributed by atoms with Crippen molar-refractivity contribution in [2.45, 2.75) is 45.6 Å². The lowest BCUT2D eigenvalue weighted by Gasteiger charge is -2.32. The summed E-state index contributed by atoms with van der Waals surface area (Å²) in [6.07, 6.45) is 3.41. The summed E-state index contributed by atoms with van der Waals surface area (Å²) < 4.78 is 10.9. The van der Waals surface area contributed by atoms with E-state index in [4.69, 9.17) is 14.2 Å². The van der Waals surface area contributed by atoms with Gasteiger partial charge in [-0.15, -0.1) is 0 Å². The average Bonchev–Trinajstić information content (AvgIpc) is 3.24. The maximum absolute atomic E-state index is 13.1. The maximum atomic E-state index is 13.1. The summed E-state index contributed by atoms with van der Waals surface area (Å²) in [5.41, 5.74) is 3.20. The molecule has 1 amide bonds. The number of nitrogens with one attached hydrogen (secondary N) is 1. The Labute approximate surface area is 188 Å². The Hall–Kier alpha value is -3.42. The average molecular weight is 436 g/mol. The van der Waals surface area contributed by atoms with E-state index >= 15 is 0 Å². The number of aryl methyl sites for hydroxylation is 1. The lowest BCUT2D eigenvalue weighted by Crippen LogP contribution is -2.38. The van der Waals surface area contributed by atoms with Gasteiger partial charge in [0.25, 0.3) is 5.91 Å². The van der Waals surface area contributed by atoms with Crippen LogP contribution in [0.4, 0.5) is 5.95 Å². The number of hydrogen-bond donors (Lipinski definition) is 1. The maximum Gasteiger partial charge on any atom is 0.257 e. The molecule has 8 heteroatoms. The number of likely N-dealkylation sites (tertiary alicyclic amines) is 1. The zero-order chi connectivity index (χ0) is 22.7. The van der Waals surface area contributed by atoms with Crippen LogP contribution in [0.5, 0.6) is 5.75 Å². The number of rotatable bonds is 6. The van der Waals surface area contributed by atoms with Crippen LogP contribution in [-0.2, 0) is 0 Å². The molecule has 3 aromatic rings. The molecule has 0 spiro atoms. The fourth-order valence-corrected chi connectivity index (χ4v) is 4.06. The Bertz CT molecular complexity index is 1090. The van der Waals surface area contributed by atoms with Gasteiger partial charge in [0.2, 0.25) is 5.95 Å². The number of nitrogens with zero attached hydrogens (tertiary/aromatic N) is 4. The number of hydrogen-bond acceptors (Lipinski definition) is 7. The van der Waals surface area contributed by atoms with Gasteiger partial charge in [0.05, 0.1) is 29.6 Å². The first-order chi connectivity index (χ1) is 15.5. The Morgan fingerprint density at radius 2 is 2.00 bits per heavy atom. The van der Waals surface area contributed by atoms with Crippen molar-refractivity contribution < 1.29 is 14.1 Å². The van der Waals surface area contributed by atoms with Gasteiger partial charge >= 0.3 is 0 Å². The van der Waals surface area contributed by atoms with Crippen molar-refractivity contribution in [3.63, 3.8) is 0 Å². The summed E-state index contributed by atoms with van der Waals surface area (Å²) in [4.78, 5) is 24.3. The molecule has 1 aliphatic heterocycles. The monoisotopic (exact) mass is 435 g/mol. The summed E-state index contributed by atoms with van der Waals surface area (Å²) in [5, 5.41) is 7.31. The lowest BCUT2D eigenvalue weighted by molar-refractivity contribution is 0.0708. The molecular formula is C24H29N5O3. The first-order valence-corrected chi connectivity index (χ1v) is 11.0. The van der Waals surface area contributed by atoms with E-state index in [0.29, 0.717) is 36.1 Å². The Morgan fingerprint density at radius 1 is 1.25 bits per heavy atom. The van der Waals surface area contributed by atoms with Gasteiger partial charge in [-0.25, -0.2) is 9.97 Å². The second-order valence-corrected chi connectivity index (χ2v) is 8.39. The van der Waals surface area contributed by atoms with Crippen LogP contribution in [0.25, 0.3) is 11.3 Å². The molecule has 168 valence electrons. The van der Waals surface area contributed by atoms with Crippen LogP contribution in [-0.4, -0.2) is 52.2 Å². The van der Waals surface area contributed by atoms with Crippen molar-refractivity contribution in [1.82, 2.24) is 20.0 Å². The number of para-hydroxylation sites is 1. The predicted molar refractivity (Wildman–Crippen MR) is 122 cm³/mol. The minimum atomic E-state index is -0.00293. The molecule has 1 aliphatic rings. The SMILES string of the molecule is COc1ccccc1C(=O)N1CCC(c2nc(NC(C)C)ncc2-c2cc(C)no2)CC1. The molecular weight excluding hydrogens is 406 g/mol. The van der Waals surface area contributed by atoms with Gasteiger partial charge in [0, 0.05) is 37.3 Å². The lowest BCUT2D eigenvalue weighted by atomic mass is 9.90. The van der Waals surface area contributed by atoms with Crippen molar-refractivity contribution >= 4 is 11.9 Å². The summed E-state index contributed by atoms with van der Waals surface area (Å²) in [7, 11) is 1.59. The van der Waals surface area contributed by atoms with Crippen molar-refractivity contribution in [3.05, 3.63) is 53.5 Å². The van der Waals surface area contributed by atoms with Crippen LogP contribution < -0.4 is 10.1 Å². The van der Waals surface area contributed by atoms with Gasteiger partial charge in [0.1, 0.15) is 5.75 Å².